The lowest BCUT2D eigenvalue weighted by Crippen LogP contribution is -2.27. The molecule has 5 nitrogen and oxygen atoms in total. The summed E-state index contributed by atoms with van der Waals surface area (Å²) in [5, 5.41) is 24.0. The van der Waals surface area contributed by atoms with Gasteiger partial charge in [0.2, 0.25) is 5.96 Å². The molecule has 0 unspecified atom stereocenters. The standard InChI is InChI=1S/C20H19N5/c1-20(2)11-18(16-10-14(12-21)8-9-17(16)20)25-19(23-13-22)24-15-6-4-3-5-7-15/h3-10,18H,11H2,1-2H3,(H2,23,24,25)/t18-/m0/s1. The molecule has 0 radical (unpaired) electrons. The van der Waals surface area contributed by atoms with Crippen molar-refractivity contribution in [3.05, 3.63) is 65.2 Å². The third-order valence-electron chi connectivity index (χ3n) is 4.47. The van der Waals surface area contributed by atoms with Crippen LogP contribution >= 0.6 is 0 Å². The SMILES string of the molecule is CC1(C)C[C@H](N=C(NC#N)Nc2ccccc2)c2cc(C#N)ccc21. The first kappa shape index (κ1) is 16.5. The van der Waals surface area contributed by atoms with E-state index >= 15 is 0 Å². The molecule has 1 aliphatic rings. The van der Waals surface area contributed by atoms with Crippen LogP contribution in [0.15, 0.2) is 53.5 Å². The maximum atomic E-state index is 9.19. The number of fused-ring (bicyclic) bond motifs is 1. The fourth-order valence-corrected chi connectivity index (χ4v) is 3.31. The van der Waals surface area contributed by atoms with Crippen molar-refractivity contribution in [2.24, 2.45) is 4.99 Å². The van der Waals surface area contributed by atoms with Gasteiger partial charge in [-0.25, -0.2) is 4.99 Å². The Bertz CT molecular complexity index is 885. The van der Waals surface area contributed by atoms with Crippen molar-refractivity contribution < 1.29 is 0 Å². The Labute approximate surface area is 147 Å². The van der Waals surface area contributed by atoms with Gasteiger partial charge in [-0.3, -0.25) is 5.32 Å². The van der Waals surface area contributed by atoms with Crippen molar-refractivity contribution in [3.8, 4) is 12.3 Å². The summed E-state index contributed by atoms with van der Waals surface area (Å²) in [6, 6.07) is 17.4. The van der Waals surface area contributed by atoms with Crippen molar-refractivity contribution >= 4 is 11.6 Å². The highest BCUT2D eigenvalue weighted by Crippen LogP contribution is 2.46. The van der Waals surface area contributed by atoms with E-state index in [-0.39, 0.29) is 11.5 Å². The van der Waals surface area contributed by atoms with Crippen molar-refractivity contribution in [1.82, 2.24) is 5.32 Å². The van der Waals surface area contributed by atoms with Gasteiger partial charge in [0.25, 0.3) is 0 Å². The van der Waals surface area contributed by atoms with Gasteiger partial charge in [0.05, 0.1) is 17.7 Å². The molecule has 2 N–H and O–H groups in total. The number of hydrogen-bond acceptors (Lipinski definition) is 3. The van der Waals surface area contributed by atoms with Gasteiger partial charge in [-0.15, -0.1) is 0 Å². The van der Waals surface area contributed by atoms with E-state index in [1.165, 1.54) is 5.56 Å². The van der Waals surface area contributed by atoms with E-state index in [1.54, 1.807) is 0 Å². The molecule has 0 fully saturated rings. The second-order valence-electron chi connectivity index (χ2n) is 6.72. The number of rotatable bonds is 2. The summed E-state index contributed by atoms with van der Waals surface area (Å²) in [7, 11) is 0. The second-order valence-corrected chi connectivity index (χ2v) is 6.72. The summed E-state index contributed by atoms with van der Waals surface area (Å²) in [6.07, 6.45) is 2.76. The molecule has 25 heavy (non-hydrogen) atoms. The largest absolute Gasteiger partial charge is 0.326 e. The van der Waals surface area contributed by atoms with Crippen LogP contribution in [-0.4, -0.2) is 5.96 Å². The lowest BCUT2D eigenvalue weighted by atomic mass is 9.86. The van der Waals surface area contributed by atoms with Gasteiger partial charge < -0.3 is 5.32 Å². The summed E-state index contributed by atoms with van der Waals surface area (Å²) >= 11 is 0. The van der Waals surface area contributed by atoms with Crippen molar-refractivity contribution in [2.45, 2.75) is 31.7 Å². The number of aliphatic imine (C=N–C) groups is 1. The van der Waals surface area contributed by atoms with Crippen LogP contribution in [0.1, 0.15) is 43.0 Å². The fourth-order valence-electron chi connectivity index (χ4n) is 3.31. The minimum atomic E-state index is -0.106. The Hall–Kier alpha value is -3.31. The Morgan fingerprint density at radius 3 is 2.60 bits per heavy atom. The van der Waals surface area contributed by atoms with Crippen LogP contribution in [0.25, 0.3) is 0 Å². The van der Waals surface area contributed by atoms with Crippen molar-refractivity contribution in [3.63, 3.8) is 0 Å². The topological polar surface area (TPSA) is 84.0 Å². The van der Waals surface area contributed by atoms with Crippen LogP contribution in [0.5, 0.6) is 0 Å². The van der Waals surface area contributed by atoms with Gasteiger partial charge >= 0.3 is 0 Å². The summed E-state index contributed by atoms with van der Waals surface area (Å²) < 4.78 is 0. The van der Waals surface area contributed by atoms with Gasteiger partial charge in [-0.2, -0.15) is 10.5 Å². The highest BCUT2D eigenvalue weighted by Gasteiger charge is 2.37. The zero-order valence-corrected chi connectivity index (χ0v) is 14.2. The molecule has 0 amide bonds. The average Bonchev–Trinajstić information content (AvgIpc) is 2.86. The monoisotopic (exact) mass is 329 g/mol. The number of nitrogens with zero attached hydrogens (tertiary/aromatic N) is 3. The molecule has 0 saturated carbocycles. The number of guanidine groups is 1. The molecule has 3 rings (SSSR count). The van der Waals surface area contributed by atoms with E-state index in [9.17, 15) is 5.26 Å². The fraction of sp³-hybridized carbons (Fsp3) is 0.250. The van der Waals surface area contributed by atoms with E-state index in [2.05, 4.69) is 30.6 Å². The smallest absolute Gasteiger partial charge is 0.209 e. The first-order valence-corrected chi connectivity index (χ1v) is 8.13. The normalized spacial score (nSPS) is 17.9. The average molecular weight is 329 g/mol. The van der Waals surface area contributed by atoms with Crippen LogP contribution in [0.2, 0.25) is 0 Å². The van der Waals surface area contributed by atoms with Crippen LogP contribution in [0.4, 0.5) is 5.69 Å². The highest BCUT2D eigenvalue weighted by molar-refractivity contribution is 5.94. The van der Waals surface area contributed by atoms with Crippen LogP contribution in [-0.2, 0) is 5.41 Å². The van der Waals surface area contributed by atoms with Crippen LogP contribution in [0.3, 0.4) is 0 Å². The molecule has 5 heteroatoms. The van der Waals surface area contributed by atoms with Crippen LogP contribution < -0.4 is 10.6 Å². The zero-order chi connectivity index (χ0) is 17.9. The summed E-state index contributed by atoms with van der Waals surface area (Å²) in [5.41, 5.74) is 3.71. The number of hydrogen-bond donors (Lipinski definition) is 2. The number of nitrogens with one attached hydrogen (secondary N) is 2. The van der Waals surface area contributed by atoms with Gasteiger partial charge in [-0.05, 0) is 47.2 Å². The molecule has 1 aliphatic carbocycles. The lowest BCUT2D eigenvalue weighted by Gasteiger charge is -2.18. The minimum Gasteiger partial charge on any atom is -0.326 e. The summed E-state index contributed by atoms with van der Waals surface area (Å²) in [5.74, 6) is 0.407. The molecular weight excluding hydrogens is 310 g/mol. The molecule has 2 aromatic carbocycles. The minimum absolute atomic E-state index is 0.0258. The Morgan fingerprint density at radius 2 is 1.92 bits per heavy atom. The number of nitriles is 2. The van der Waals surface area contributed by atoms with Crippen molar-refractivity contribution in [1.29, 1.82) is 10.5 Å². The molecule has 0 bridgehead atoms. The van der Waals surface area contributed by atoms with Gasteiger partial charge in [0, 0.05) is 5.69 Å². The number of para-hydroxylation sites is 1. The molecule has 0 saturated heterocycles. The molecule has 2 aromatic rings. The predicted octanol–water partition coefficient (Wildman–Crippen LogP) is 3.82. The Morgan fingerprint density at radius 1 is 1.16 bits per heavy atom. The summed E-state index contributed by atoms with van der Waals surface area (Å²) in [6.45, 7) is 4.35. The van der Waals surface area contributed by atoms with E-state index in [0.29, 0.717) is 11.5 Å². The van der Waals surface area contributed by atoms with Crippen molar-refractivity contribution in [2.75, 3.05) is 5.32 Å². The zero-order valence-electron chi connectivity index (χ0n) is 14.2. The maximum Gasteiger partial charge on any atom is 0.209 e. The van der Waals surface area contributed by atoms with E-state index < -0.39 is 0 Å². The highest BCUT2D eigenvalue weighted by atomic mass is 15.2. The molecule has 124 valence electrons. The molecule has 0 aliphatic heterocycles. The maximum absolute atomic E-state index is 9.19. The third kappa shape index (κ3) is 3.46. The Kier molecular flexibility index (Phi) is 4.41. The number of benzene rings is 2. The van der Waals surface area contributed by atoms with Gasteiger partial charge in [0.15, 0.2) is 6.19 Å². The van der Waals surface area contributed by atoms with E-state index in [1.807, 2.05) is 54.7 Å². The first-order valence-electron chi connectivity index (χ1n) is 8.13. The molecule has 1 atom stereocenters. The van der Waals surface area contributed by atoms with Gasteiger partial charge in [-0.1, -0.05) is 38.1 Å². The molecule has 0 heterocycles. The second kappa shape index (κ2) is 6.67. The number of anilines is 1. The molecule has 0 spiro atoms. The third-order valence-corrected chi connectivity index (χ3v) is 4.47. The quantitative estimate of drug-likeness (QED) is 0.380. The van der Waals surface area contributed by atoms with E-state index in [0.717, 1.165) is 17.7 Å². The van der Waals surface area contributed by atoms with Crippen LogP contribution in [0, 0.1) is 22.8 Å². The van der Waals surface area contributed by atoms with E-state index in [4.69, 9.17) is 10.3 Å². The molecular formula is C20H19N5. The summed E-state index contributed by atoms with van der Waals surface area (Å²) in [4.78, 5) is 4.74. The predicted molar refractivity (Wildman–Crippen MR) is 97.8 cm³/mol. The molecule has 0 aromatic heterocycles. The van der Waals surface area contributed by atoms with Gasteiger partial charge in [0.1, 0.15) is 0 Å². The first-order chi connectivity index (χ1) is 12.0. The lowest BCUT2D eigenvalue weighted by molar-refractivity contribution is 0.482. The Balaban J connectivity index is 1.96.